The van der Waals surface area contributed by atoms with Crippen LogP contribution in [0.25, 0.3) is 11.0 Å². The number of thioether (sulfide) groups is 1. The minimum Gasteiger partial charge on any atom is -0.468 e. The molecule has 152 valence electrons. The molecular weight excluding hydrogens is 406 g/mol. The number of hydrogen-bond donors (Lipinski definition) is 1. The first-order chi connectivity index (χ1) is 14.4. The van der Waals surface area contributed by atoms with E-state index < -0.39 is 17.1 Å². The van der Waals surface area contributed by atoms with Crippen molar-refractivity contribution in [1.29, 1.82) is 5.26 Å². The summed E-state index contributed by atoms with van der Waals surface area (Å²) in [6.45, 7) is 3.45. The van der Waals surface area contributed by atoms with Gasteiger partial charge in [0.1, 0.15) is 27.7 Å². The Balaban J connectivity index is 2.07. The Bertz CT molecular complexity index is 1280. The number of nitrogen functional groups attached to an aromatic ring is 1. The molecule has 0 aliphatic carbocycles. The lowest BCUT2D eigenvalue weighted by Gasteiger charge is -2.21. The molecule has 4 heterocycles. The minimum atomic E-state index is -0.863. The largest absolute Gasteiger partial charge is 0.468 e. The van der Waals surface area contributed by atoms with Crippen LogP contribution in [0.5, 0.6) is 0 Å². The number of hydrogen-bond acceptors (Lipinski definition) is 8. The molecule has 0 aromatic carbocycles. The molecule has 30 heavy (non-hydrogen) atoms. The van der Waals surface area contributed by atoms with Gasteiger partial charge in [0, 0.05) is 5.22 Å². The third-order valence-electron chi connectivity index (χ3n) is 4.41. The van der Waals surface area contributed by atoms with Crippen molar-refractivity contribution in [2.24, 2.45) is 0 Å². The quantitative estimate of drug-likeness (QED) is 0.633. The Morgan fingerprint density at radius 2 is 2.07 bits per heavy atom. The van der Waals surface area contributed by atoms with Crippen LogP contribution in [-0.2, 0) is 9.53 Å². The molecule has 8 nitrogen and oxygen atoms in total. The maximum Gasteiger partial charge on any atom is 0.347 e. The van der Waals surface area contributed by atoms with E-state index in [1.165, 1.54) is 17.1 Å². The first kappa shape index (κ1) is 19.7. The van der Waals surface area contributed by atoms with Crippen LogP contribution >= 0.6 is 11.8 Å². The zero-order valence-corrected chi connectivity index (χ0v) is 16.9. The van der Waals surface area contributed by atoms with Crippen LogP contribution in [0.2, 0.25) is 0 Å². The van der Waals surface area contributed by atoms with Crippen molar-refractivity contribution in [3.05, 3.63) is 64.6 Å². The molecule has 0 amide bonds. The Labute approximate surface area is 175 Å². The summed E-state index contributed by atoms with van der Waals surface area (Å²) in [6.07, 6.45) is 4.14. The van der Waals surface area contributed by atoms with Gasteiger partial charge in [-0.25, -0.2) is 4.79 Å². The molecule has 0 spiro atoms. The number of aromatic nitrogens is 1. The highest BCUT2D eigenvalue weighted by Gasteiger charge is 2.38. The summed E-state index contributed by atoms with van der Waals surface area (Å²) in [7, 11) is 0. The Morgan fingerprint density at radius 3 is 2.67 bits per heavy atom. The van der Waals surface area contributed by atoms with E-state index in [4.69, 9.17) is 19.3 Å². The van der Waals surface area contributed by atoms with Gasteiger partial charge in [-0.15, -0.1) is 0 Å². The topological polar surface area (TPSA) is 124 Å². The van der Waals surface area contributed by atoms with Gasteiger partial charge in [-0.3, -0.25) is 9.36 Å². The lowest BCUT2D eigenvalue weighted by atomic mass is 10.2. The van der Waals surface area contributed by atoms with Crippen molar-refractivity contribution in [2.75, 3.05) is 5.73 Å². The number of nitrogens with zero attached hydrogens (tertiary/aromatic N) is 2. The molecule has 0 fully saturated rings. The highest BCUT2D eigenvalue weighted by molar-refractivity contribution is 8.10. The molecule has 4 rings (SSSR count). The normalized spacial score (nSPS) is 16.6. The van der Waals surface area contributed by atoms with E-state index in [1.54, 1.807) is 44.2 Å². The van der Waals surface area contributed by atoms with Crippen LogP contribution in [0.1, 0.15) is 41.1 Å². The van der Waals surface area contributed by atoms with Gasteiger partial charge in [0.15, 0.2) is 5.69 Å². The van der Waals surface area contributed by atoms with Gasteiger partial charge in [0.05, 0.1) is 29.7 Å². The zero-order chi connectivity index (χ0) is 21.4. The highest BCUT2D eigenvalue weighted by atomic mass is 32.2. The highest BCUT2D eigenvalue weighted by Crippen LogP contribution is 2.39. The monoisotopic (exact) mass is 423 g/mol. The molecule has 0 radical (unpaired) electrons. The van der Waals surface area contributed by atoms with Gasteiger partial charge in [0.2, 0.25) is 0 Å². The predicted octanol–water partition coefficient (Wildman–Crippen LogP) is 2.14. The number of rotatable bonds is 4. The number of carbonyl (C=O) groups is 2. The molecule has 3 aromatic rings. The van der Waals surface area contributed by atoms with E-state index in [0.717, 1.165) is 11.8 Å². The Hall–Kier alpha value is -3.64. The summed E-state index contributed by atoms with van der Waals surface area (Å²) in [4.78, 5) is 26.4. The van der Waals surface area contributed by atoms with Crippen molar-refractivity contribution in [3.63, 3.8) is 0 Å². The summed E-state index contributed by atoms with van der Waals surface area (Å²) < 4.78 is 17.3. The molecule has 0 saturated heterocycles. The van der Waals surface area contributed by atoms with E-state index in [-0.39, 0.29) is 27.7 Å². The molecule has 1 aliphatic heterocycles. The second-order valence-electron chi connectivity index (χ2n) is 6.77. The summed E-state index contributed by atoms with van der Waals surface area (Å²) in [6, 6.07) is 8.66. The van der Waals surface area contributed by atoms with Crippen molar-refractivity contribution in [1.82, 2.24) is 4.57 Å². The van der Waals surface area contributed by atoms with Crippen LogP contribution < -0.4 is 16.3 Å². The molecular formula is C21H17N3O5S. The number of esters is 1. The number of ether oxygens (including phenoxy) is 1. The van der Waals surface area contributed by atoms with Gasteiger partial charge in [-0.1, -0.05) is 11.8 Å². The molecule has 1 aliphatic rings. The average Bonchev–Trinajstić information content (AvgIpc) is 3.44. The molecule has 2 N–H and O–H groups in total. The number of furan rings is 2. The maximum atomic E-state index is 13.3. The lowest BCUT2D eigenvalue weighted by molar-refractivity contribution is -0.139. The van der Waals surface area contributed by atoms with E-state index in [2.05, 4.69) is 0 Å². The minimum absolute atomic E-state index is 0.0560. The third kappa shape index (κ3) is 3.21. The maximum absolute atomic E-state index is 13.3. The zero-order valence-electron chi connectivity index (χ0n) is 16.1. The van der Waals surface area contributed by atoms with Crippen LogP contribution in [-0.4, -0.2) is 22.5 Å². The molecule has 9 heteroatoms. The first-order valence-electron chi connectivity index (χ1n) is 9.07. The van der Waals surface area contributed by atoms with Gasteiger partial charge in [-0.2, -0.15) is 5.26 Å². The number of nitriles is 1. The van der Waals surface area contributed by atoms with Gasteiger partial charge in [0.25, 0.3) is 5.91 Å². The first-order valence-corrected chi connectivity index (χ1v) is 9.95. The number of fused-ring (bicyclic) bond motifs is 1. The van der Waals surface area contributed by atoms with Crippen molar-refractivity contribution in [2.45, 2.75) is 25.2 Å². The van der Waals surface area contributed by atoms with E-state index in [1.807, 2.05) is 6.07 Å². The Morgan fingerprint density at radius 1 is 1.33 bits per heavy atom. The molecule has 3 aromatic heterocycles. The fraction of sp³-hybridized carbons (Fsp3) is 0.190. The summed E-state index contributed by atoms with van der Waals surface area (Å²) in [5.74, 6) is -0.232. The standard InChI is InChI=1S/C21H17N3O5S/c1-11(2)29-21(26)19-17-13(9-12-5-3-7-27-12)16(23)14(10-22)24(17)20(25)18(30-19)15-6-4-8-28-15/h3-9,11,18H,23H2,1-2H3/b13-9+/t18-/m0/s1. The number of carbonyl (C=O) groups excluding carboxylic acids is 2. The van der Waals surface area contributed by atoms with Crippen LogP contribution in [0.4, 0.5) is 5.69 Å². The van der Waals surface area contributed by atoms with Crippen LogP contribution in [0.3, 0.4) is 0 Å². The smallest absolute Gasteiger partial charge is 0.347 e. The van der Waals surface area contributed by atoms with Gasteiger partial charge >= 0.3 is 5.97 Å². The summed E-state index contributed by atoms with van der Waals surface area (Å²) >= 11 is 1.01. The lowest BCUT2D eigenvalue weighted by Crippen LogP contribution is -2.42. The van der Waals surface area contributed by atoms with Crippen molar-refractivity contribution < 1.29 is 23.2 Å². The second kappa shape index (κ2) is 7.65. The molecule has 0 bridgehead atoms. The van der Waals surface area contributed by atoms with E-state index >= 15 is 0 Å². The van der Waals surface area contributed by atoms with Crippen LogP contribution in [0.15, 0.2) is 45.6 Å². The van der Waals surface area contributed by atoms with Gasteiger partial charge < -0.3 is 19.3 Å². The fourth-order valence-electron chi connectivity index (χ4n) is 3.20. The van der Waals surface area contributed by atoms with Crippen LogP contribution in [0, 0.1) is 11.3 Å². The summed E-state index contributed by atoms with van der Waals surface area (Å²) in [5, 5.41) is 9.41. The number of nitrogens with two attached hydrogens (primary N) is 1. The average molecular weight is 423 g/mol. The van der Waals surface area contributed by atoms with E-state index in [9.17, 15) is 14.9 Å². The SMILES string of the molecule is CC(C)OC(=O)C1=c2/c(=C/c3ccco3)c(N)c(C#N)n2C(=O)[C@H](c2ccco2)S1. The second-order valence-corrected chi connectivity index (χ2v) is 7.88. The molecule has 0 unspecified atom stereocenters. The van der Waals surface area contributed by atoms with Crippen molar-refractivity contribution in [3.8, 4) is 6.07 Å². The van der Waals surface area contributed by atoms with E-state index in [0.29, 0.717) is 16.7 Å². The number of anilines is 1. The third-order valence-corrected chi connectivity index (χ3v) is 5.67. The molecule has 1 atom stereocenters. The fourth-order valence-corrected chi connectivity index (χ4v) is 4.35. The Kier molecular flexibility index (Phi) is 5.01. The molecule has 0 saturated carbocycles. The summed E-state index contributed by atoms with van der Waals surface area (Å²) in [5.41, 5.74) is 6.25. The van der Waals surface area contributed by atoms with Crippen molar-refractivity contribution >= 4 is 40.3 Å². The van der Waals surface area contributed by atoms with Gasteiger partial charge in [-0.05, 0) is 44.2 Å². The predicted molar refractivity (Wildman–Crippen MR) is 109 cm³/mol.